The van der Waals surface area contributed by atoms with Crippen molar-refractivity contribution in [3.63, 3.8) is 0 Å². The van der Waals surface area contributed by atoms with Crippen LogP contribution in [0.1, 0.15) is 66.2 Å². The van der Waals surface area contributed by atoms with E-state index in [0.717, 1.165) is 48.8 Å². The van der Waals surface area contributed by atoms with E-state index in [2.05, 4.69) is 67.4 Å². The molecule has 0 bridgehead atoms. The molecule has 0 aliphatic carbocycles. The minimum Gasteiger partial charge on any atom is -0.380 e. The molecule has 0 saturated carbocycles. The van der Waals surface area contributed by atoms with Crippen LogP contribution in [0.4, 0.5) is 5.82 Å². The molecule has 5 heteroatoms. The van der Waals surface area contributed by atoms with Crippen molar-refractivity contribution >= 4 is 16.7 Å². The number of fused-ring (bicyclic) bond motifs is 1. The van der Waals surface area contributed by atoms with Crippen molar-refractivity contribution in [2.45, 2.75) is 65.0 Å². The van der Waals surface area contributed by atoms with E-state index in [0.29, 0.717) is 12.0 Å². The molecule has 1 N–H and O–H groups in total. The van der Waals surface area contributed by atoms with Crippen molar-refractivity contribution in [3.05, 3.63) is 64.5 Å². The van der Waals surface area contributed by atoms with Crippen LogP contribution in [0.2, 0.25) is 0 Å². The van der Waals surface area contributed by atoms with Crippen LogP contribution in [0.25, 0.3) is 10.9 Å². The molecule has 174 valence electrons. The first-order chi connectivity index (χ1) is 16.0. The third-order valence-corrected chi connectivity index (χ3v) is 7.44. The predicted molar refractivity (Wildman–Crippen MR) is 135 cm³/mol. The van der Waals surface area contributed by atoms with Gasteiger partial charge in [0.25, 0.3) is 0 Å². The van der Waals surface area contributed by atoms with E-state index < -0.39 is 0 Å². The lowest BCUT2D eigenvalue weighted by molar-refractivity contribution is 0.122. The summed E-state index contributed by atoms with van der Waals surface area (Å²) in [5.74, 6) is 2.34. The van der Waals surface area contributed by atoms with E-state index in [1.54, 1.807) is 0 Å². The fourth-order valence-electron chi connectivity index (χ4n) is 5.53. The Labute approximate surface area is 197 Å². The summed E-state index contributed by atoms with van der Waals surface area (Å²) in [6, 6.07) is 14.2. The summed E-state index contributed by atoms with van der Waals surface area (Å²) < 4.78 is 5.62. The van der Waals surface area contributed by atoms with E-state index in [1.807, 2.05) is 6.92 Å². The lowest BCUT2D eigenvalue weighted by Gasteiger charge is -2.35. The minimum atomic E-state index is 0.170. The Hall–Kier alpha value is -2.50. The van der Waals surface area contributed by atoms with Gasteiger partial charge in [-0.3, -0.25) is 4.90 Å². The summed E-state index contributed by atoms with van der Waals surface area (Å²) in [5.41, 5.74) is 6.28. The van der Waals surface area contributed by atoms with Crippen molar-refractivity contribution in [2.75, 3.05) is 31.6 Å². The molecule has 2 aliphatic heterocycles. The second-order valence-corrected chi connectivity index (χ2v) is 9.96. The fourth-order valence-corrected chi connectivity index (χ4v) is 5.53. The van der Waals surface area contributed by atoms with E-state index >= 15 is 0 Å². The van der Waals surface area contributed by atoms with Gasteiger partial charge in [0.05, 0.1) is 12.1 Å². The number of piperidine rings is 1. The second-order valence-electron chi connectivity index (χ2n) is 9.96. The summed E-state index contributed by atoms with van der Waals surface area (Å²) >= 11 is 0. The normalized spacial score (nSPS) is 20.9. The van der Waals surface area contributed by atoms with Crippen LogP contribution in [0.3, 0.4) is 0 Å². The smallest absolute Gasteiger partial charge is 0.138 e. The van der Waals surface area contributed by atoms with Crippen LogP contribution >= 0.6 is 0 Å². The highest BCUT2D eigenvalue weighted by molar-refractivity contribution is 5.92. The Bertz CT molecular complexity index is 1130. The Morgan fingerprint density at radius 2 is 1.85 bits per heavy atom. The topological polar surface area (TPSA) is 50.3 Å². The highest BCUT2D eigenvalue weighted by Crippen LogP contribution is 2.35. The third kappa shape index (κ3) is 4.75. The van der Waals surface area contributed by atoms with Gasteiger partial charge in [0, 0.05) is 24.1 Å². The number of aromatic nitrogens is 2. The molecule has 0 amide bonds. The van der Waals surface area contributed by atoms with Crippen molar-refractivity contribution < 1.29 is 4.74 Å². The first-order valence-electron chi connectivity index (χ1n) is 12.4. The second kappa shape index (κ2) is 9.40. The van der Waals surface area contributed by atoms with Gasteiger partial charge in [0.1, 0.15) is 11.6 Å². The number of ether oxygens (including phenoxy) is 1. The maximum absolute atomic E-state index is 5.62. The van der Waals surface area contributed by atoms with Crippen LogP contribution in [0.15, 0.2) is 36.4 Å². The maximum Gasteiger partial charge on any atom is 0.138 e. The van der Waals surface area contributed by atoms with E-state index in [4.69, 9.17) is 14.7 Å². The number of likely N-dealkylation sites (tertiary alicyclic amines) is 1. The van der Waals surface area contributed by atoms with Gasteiger partial charge in [-0.05, 0) is 88.7 Å². The Morgan fingerprint density at radius 1 is 1.03 bits per heavy atom. The van der Waals surface area contributed by atoms with Gasteiger partial charge in [-0.2, -0.15) is 0 Å². The molecule has 2 atom stereocenters. The average Bonchev–Trinajstić information content (AvgIpc) is 3.35. The molecule has 0 radical (unpaired) electrons. The largest absolute Gasteiger partial charge is 0.380 e. The number of hydrogen-bond acceptors (Lipinski definition) is 5. The van der Waals surface area contributed by atoms with E-state index in [9.17, 15) is 0 Å². The Kier molecular flexibility index (Phi) is 6.35. The van der Waals surface area contributed by atoms with E-state index in [-0.39, 0.29) is 6.04 Å². The monoisotopic (exact) mass is 444 g/mol. The summed E-state index contributed by atoms with van der Waals surface area (Å²) in [4.78, 5) is 12.3. The van der Waals surface area contributed by atoms with Crippen LogP contribution in [-0.4, -0.2) is 47.2 Å². The van der Waals surface area contributed by atoms with Crippen LogP contribution in [0.5, 0.6) is 0 Å². The minimum absolute atomic E-state index is 0.170. The summed E-state index contributed by atoms with van der Waals surface area (Å²) in [6.45, 7) is 12.7. The molecule has 5 rings (SSSR count). The van der Waals surface area contributed by atoms with Crippen LogP contribution in [-0.2, 0) is 4.74 Å². The van der Waals surface area contributed by atoms with Crippen molar-refractivity contribution in [3.8, 4) is 0 Å². The zero-order valence-corrected chi connectivity index (χ0v) is 20.4. The van der Waals surface area contributed by atoms with Crippen LogP contribution in [0, 0.1) is 20.8 Å². The number of benzene rings is 2. The van der Waals surface area contributed by atoms with Gasteiger partial charge >= 0.3 is 0 Å². The molecule has 0 spiro atoms. The van der Waals surface area contributed by atoms with Crippen molar-refractivity contribution in [2.24, 2.45) is 0 Å². The Balaban J connectivity index is 1.42. The summed E-state index contributed by atoms with van der Waals surface area (Å²) in [6.07, 6.45) is 3.60. The third-order valence-electron chi connectivity index (χ3n) is 7.44. The average molecular weight is 445 g/mol. The Morgan fingerprint density at radius 3 is 2.58 bits per heavy atom. The van der Waals surface area contributed by atoms with Gasteiger partial charge < -0.3 is 10.1 Å². The number of aryl methyl sites for hydroxylation is 3. The number of hydrogen-bond donors (Lipinski definition) is 1. The van der Waals surface area contributed by atoms with E-state index in [1.165, 1.54) is 41.5 Å². The molecule has 2 fully saturated rings. The van der Waals surface area contributed by atoms with Gasteiger partial charge in [-0.15, -0.1) is 0 Å². The SMILES string of the molecule is Cc1cccc([C@@H](C)Nc2nc(C)nc3c(C)cc(C4CCN(C5CCOC5)CC4)cc23)c1. The number of rotatable bonds is 5. The first-order valence-corrected chi connectivity index (χ1v) is 12.4. The zero-order chi connectivity index (χ0) is 22.9. The lowest BCUT2D eigenvalue weighted by Crippen LogP contribution is -2.41. The molecule has 1 unspecified atom stereocenters. The molecule has 5 nitrogen and oxygen atoms in total. The number of nitrogens with zero attached hydrogens (tertiary/aromatic N) is 3. The zero-order valence-electron chi connectivity index (χ0n) is 20.4. The highest BCUT2D eigenvalue weighted by Gasteiger charge is 2.28. The summed E-state index contributed by atoms with van der Waals surface area (Å²) in [7, 11) is 0. The van der Waals surface area contributed by atoms with Crippen LogP contribution < -0.4 is 5.32 Å². The summed E-state index contributed by atoms with van der Waals surface area (Å²) in [5, 5.41) is 4.84. The molecule has 33 heavy (non-hydrogen) atoms. The molecular weight excluding hydrogens is 408 g/mol. The molecule has 2 aromatic carbocycles. The van der Waals surface area contributed by atoms with Gasteiger partial charge in [0.2, 0.25) is 0 Å². The molecule has 2 saturated heterocycles. The predicted octanol–water partition coefficient (Wildman–Crippen LogP) is 5.70. The molecular formula is C28H36N4O. The quantitative estimate of drug-likeness (QED) is 0.547. The number of anilines is 1. The lowest BCUT2D eigenvalue weighted by atomic mass is 9.87. The van der Waals surface area contributed by atoms with Crippen molar-refractivity contribution in [1.82, 2.24) is 14.9 Å². The standard InChI is InChI=1S/C28H36N4O/c1-18-6-5-7-23(14-18)20(3)29-28-26-16-24(15-19(2)27(26)30-21(4)31-28)22-8-11-32(12-9-22)25-10-13-33-17-25/h5-7,14-16,20,22,25H,8-13,17H2,1-4H3,(H,29,30,31)/t20-,25?/m1/s1. The number of nitrogens with one attached hydrogen (secondary N) is 1. The highest BCUT2D eigenvalue weighted by atomic mass is 16.5. The molecule has 1 aromatic heterocycles. The molecule has 3 aromatic rings. The first kappa shape index (κ1) is 22.3. The van der Waals surface area contributed by atoms with Gasteiger partial charge in [-0.1, -0.05) is 35.9 Å². The van der Waals surface area contributed by atoms with Crippen molar-refractivity contribution in [1.29, 1.82) is 0 Å². The fraction of sp³-hybridized carbons (Fsp3) is 0.500. The maximum atomic E-state index is 5.62. The molecule has 3 heterocycles. The molecule has 2 aliphatic rings. The van der Waals surface area contributed by atoms with Gasteiger partial charge in [-0.25, -0.2) is 9.97 Å². The van der Waals surface area contributed by atoms with Gasteiger partial charge in [0.15, 0.2) is 0 Å².